The van der Waals surface area contributed by atoms with Gasteiger partial charge in [-0.05, 0) is 42.3 Å². The highest BCUT2D eigenvalue weighted by Gasteiger charge is 2.06. The van der Waals surface area contributed by atoms with E-state index in [0.29, 0.717) is 11.6 Å². The molecule has 2 aromatic carbocycles. The minimum Gasteiger partial charge on any atom is -0.505 e. The molecule has 0 radical (unpaired) electrons. The molecule has 0 saturated heterocycles. The average Bonchev–Trinajstić information content (AvgIpc) is 2.40. The number of hydrogen-bond acceptors (Lipinski definition) is 2. The molecule has 0 unspecified atom stereocenters. The number of nitrogens with one attached hydrogen (secondary N) is 1. The van der Waals surface area contributed by atoms with Crippen molar-refractivity contribution in [1.29, 1.82) is 0 Å². The Bertz CT molecular complexity index is 557. The van der Waals surface area contributed by atoms with E-state index in [1.807, 2.05) is 31.2 Å². The molecule has 0 aliphatic heterocycles. The van der Waals surface area contributed by atoms with Gasteiger partial charge in [0.1, 0.15) is 0 Å². The van der Waals surface area contributed by atoms with Crippen LogP contribution in [0, 0.1) is 5.82 Å². The first-order valence-corrected chi connectivity index (χ1v) is 6.40. The van der Waals surface area contributed by atoms with Gasteiger partial charge in [0.2, 0.25) is 0 Å². The zero-order valence-electron chi connectivity index (χ0n) is 10.5. The zero-order chi connectivity index (χ0) is 13.8. The average molecular weight is 280 g/mol. The third kappa shape index (κ3) is 3.69. The van der Waals surface area contributed by atoms with E-state index in [0.717, 1.165) is 11.1 Å². The van der Waals surface area contributed by atoms with Crippen LogP contribution in [0.5, 0.6) is 5.75 Å². The Morgan fingerprint density at radius 3 is 2.53 bits per heavy atom. The molecule has 4 heteroatoms. The predicted molar refractivity (Wildman–Crippen MR) is 74.8 cm³/mol. The van der Waals surface area contributed by atoms with Gasteiger partial charge in [0.25, 0.3) is 0 Å². The fraction of sp³-hybridized carbons (Fsp3) is 0.200. The summed E-state index contributed by atoms with van der Waals surface area (Å²) >= 11 is 5.84. The molecule has 0 amide bonds. The van der Waals surface area contributed by atoms with Crippen molar-refractivity contribution in [1.82, 2.24) is 5.32 Å². The highest BCUT2D eigenvalue weighted by Crippen LogP contribution is 2.18. The third-order valence-corrected chi connectivity index (χ3v) is 3.25. The van der Waals surface area contributed by atoms with Crippen molar-refractivity contribution in [3.63, 3.8) is 0 Å². The summed E-state index contributed by atoms with van der Waals surface area (Å²) in [5, 5.41) is 13.1. The molecule has 2 aromatic rings. The molecule has 2 N–H and O–H groups in total. The minimum absolute atomic E-state index is 0.133. The number of rotatable bonds is 4. The first-order valence-electron chi connectivity index (χ1n) is 6.02. The molecule has 0 aliphatic carbocycles. The Morgan fingerprint density at radius 2 is 1.89 bits per heavy atom. The van der Waals surface area contributed by atoms with E-state index in [9.17, 15) is 4.39 Å². The second kappa shape index (κ2) is 6.04. The van der Waals surface area contributed by atoms with Crippen molar-refractivity contribution in [2.24, 2.45) is 0 Å². The van der Waals surface area contributed by atoms with Crippen molar-refractivity contribution >= 4 is 11.6 Å². The summed E-state index contributed by atoms with van der Waals surface area (Å²) in [4.78, 5) is 0. The number of hydrogen-bond donors (Lipinski definition) is 2. The second-order valence-corrected chi connectivity index (χ2v) is 4.88. The molecule has 0 aromatic heterocycles. The first kappa shape index (κ1) is 13.8. The summed E-state index contributed by atoms with van der Waals surface area (Å²) in [5.74, 6) is -0.923. The van der Waals surface area contributed by atoms with Crippen LogP contribution < -0.4 is 5.32 Å². The van der Waals surface area contributed by atoms with Crippen LogP contribution in [-0.4, -0.2) is 5.11 Å². The number of benzene rings is 2. The van der Waals surface area contributed by atoms with Crippen LogP contribution in [-0.2, 0) is 6.54 Å². The Hall–Kier alpha value is -1.58. The number of phenolic OH excluding ortho intramolecular Hbond substituents is 1. The molecule has 2 rings (SSSR count). The van der Waals surface area contributed by atoms with Crippen LogP contribution in [0.15, 0.2) is 42.5 Å². The van der Waals surface area contributed by atoms with Crippen LogP contribution in [0.4, 0.5) is 4.39 Å². The van der Waals surface area contributed by atoms with Gasteiger partial charge in [-0.3, -0.25) is 0 Å². The number of phenols is 1. The van der Waals surface area contributed by atoms with Crippen LogP contribution >= 0.6 is 11.6 Å². The maximum Gasteiger partial charge on any atom is 0.165 e. The molecular formula is C15H15ClFNO. The molecule has 19 heavy (non-hydrogen) atoms. The van der Waals surface area contributed by atoms with Crippen molar-refractivity contribution in [2.75, 3.05) is 0 Å². The van der Waals surface area contributed by atoms with E-state index in [2.05, 4.69) is 5.32 Å². The fourth-order valence-corrected chi connectivity index (χ4v) is 1.93. The third-order valence-electron chi connectivity index (χ3n) is 2.99. The standard InChI is InChI=1S/C15H15ClFNO/c1-10(12-3-5-13(16)6-4-12)18-9-11-2-7-15(19)14(17)8-11/h2-8,10,18-19H,9H2,1H3/t10-/m0/s1. The smallest absolute Gasteiger partial charge is 0.165 e. The summed E-state index contributed by atoms with van der Waals surface area (Å²) < 4.78 is 13.2. The lowest BCUT2D eigenvalue weighted by atomic mass is 10.1. The van der Waals surface area contributed by atoms with E-state index in [4.69, 9.17) is 16.7 Å². The summed E-state index contributed by atoms with van der Waals surface area (Å²) in [6.45, 7) is 2.56. The van der Waals surface area contributed by atoms with E-state index in [-0.39, 0.29) is 11.8 Å². The molecular weight excluding hydrogens is 265 g/mol. The van der Waals surface area contributed by atoms with E-state index >= 15 is 0 Å². The van der Waals surface area contributed by atoms with Crippen molar-refractivity contribution in [2.45, 2.75) is 19.5 Å². The van der Waals surface area contributed by atoms with Crippen LogP contribution in [0.3, 0.4) is 0 Å². The van der Waals surface area contributed by atoms with Crippen LogP contribution in [0.25, 0.3) is 0 Å². The summed E-state index contributed by atoms with van der Waals surface area (Å²) in [6, 6.07) is 12.1. The fourth-order valence-electron chi connectivity index (χ4n) is 1.80. The Labute approximate surface area is 116 Å². The number of aromatic hydroxyl groups is 1. The monoisotopic (exact) mass is 279 g/mol. The quantitative estimate of drug-likeness (QED) is 0.885. The van der Waals surface area contributed by atoms with Gasteiger partial charge in [-0.1, -0.05) is 29.8 Å². The maximum atomic E-state index is 13.2. The SMILES string of the molecule is C[C@H](NCc1ccc(O)c(F)c1)c1ccc(Cl)cc1. The van der Waals surface area contributed by atoms with Gasteiger partial charge >= 0.3 is 0 Å². The van der Waals surface area contributed by atoms with Gasteiger partial charge in [0.05, 0.1) is 0 Å². The molecule has 0 bridgehead atoms. The zero-order valence-corrected chi connectivity index (χ0v) is 11.3. The van der Waals surface area contributed by atoms with Crippen molar-refractivity contribution < 1.29 is 9.50 Å². The summed E-state index contributed by atoms with van der Waals surface area (Å²) in [7, 11) is 0. The molecule has 0 spiro atoms. The lowest BCUT2D eigenvalue weighted by molar-refractivity contribution is 0.431. The molecule has 100 valence electrons. The normalized spacial score (nSPS) is 12.4. The number of halogens is 2. The van der Waals surface area contributed by atoms with Crippen molar-refractivity contribution in [3.05, 3.63) is 64.4 Å². The molecule has 0 fully saturated rings. The van der Waals surface area contributed by atoms with Gasteiger partial charge < -0.3 is 10.4 Å². The van der Waals surface area contributed by atoms with Crippen LogP contribution in [0.1, 0.15) is 24.1 Å². The molecule has 2 nitrogen and oxygen atoms in total. The van der Waals surface area contributed by atoms with Gasteiger partial charge in [-0.15, -0.1) is 0 Å². The van der Waals surface area contributed by atoms with E-state index < -0.39 is 5.82 Å². The predicted octanol–water partition coefficient (Wildman–Crippen LogP) is 4.04. The molecule has 0 aliphatic rings. The Balaban J connectivity index is 1.98. The molecule has 0 heterocycles. The van der Waals surface area contributed by atoms with Crippen molar-refractivity contribution in [3.8, 4) is 5.75 Å². The lowest BCUT2D eigenvalue weighted by Crippen LogP contribution is -2.18. The maximum absolute atomic E-state index is 13.2. The highest BCUT2D eigenvalue weighted by molar-refractivity contribution is 6.30. The minimum atomic E-state index is -0.599. The highest BCUT2D eigenvalue weighted by atomic mass is 35.5. The largest absolute Gasteiger partial charge is 0.505 e. The van der Waals surface area contributed by atoms with E-state index in [1.165, 1.54) is 12.1 Å². The summed E-state index contributed by atoms with van der Waals surface area (Å²) in [6.07, 6.45) is 0. The van der Waals surface area contributed by atoms with Crippen LogP contribution in [0.2, 0.25) is 5.02 Å². The molecule has 0 saturated carbocycles. The Kier molecular flexibility index (Phi) is 4.40. The van der Waals surface area contributed by atoms with Gasteiger partial charge in [0, 0.05) is 17.6 Å². The van der Waals surface area contributed by atoms with Gasteiger partial charge in [-0.25, -0.2) is 4.39 Å². The lowest BCUT2D eigenvalue weighted by Gasteiger charge is -2.14. The Morgan fingerprint density at radius 1 is 1.21 bits per heavy atom. The topological polar surface area (TPSA) is 32.3 Å². The van der Waals surface area contributed by atoms with E-state index in [1.54, 1.807) is 6.07 Å². The second-order valence-electron chi connectivity index (χ2n) is 4.44. The molecule has 1 atom stereocenters. The van der Waals surface area contributed by atoms with Gasteiger partial charge in [0.15, 0.2) is 11.6 Å². The first-order chi connectivity index (χ1) is 9.06. The summed E-state index contributed by atoms with van der Waals surface area (Å²) in [5.41, 5.74) is 1.90. The van der Waals surface area contributed by atoms with Gasteiger partial charge in [-0.2, -0.15) is 0 Å².